The standard InChI is InChI=1S/C28H30N2O6S/c1-33-24-12-8-17(14-26(24)35-3)28-21-7-5-6-20(21)22-16-19(10-11-23(22)29-28)37(31,32)30-18-9-13-25(34-2)27(15-18)36-4/h5-6,8-16,20-21,28-30H,7H2,1-4H3/t20-,21+,28+/m0/s1. The molecule has 37 heavy (non-hydrogen) atoms. The molecule has 0 spiro atoms. The van der Waals surface area contributed by atoms with Crippen LogP contribution in [-0.2, 0) is 10.0 Å². The first kappa shape index (κ1) is 24.8. The Morgan fingerprint density at radius 1 is 0.811 bits per heavy atom. The van der Waals surface area contributed by atoms with E-state index in [1.165, 1.54) is 14.2 Å². The number of sulfonamides is 1. The number of benzene rings is 3. The third-order valence-electron chi connectivity index (χ3n) is 7.05. The lowest BCUT2D eigenvalue weighted by Crippen LogP contribution is -2.29. The first-order chi connectivity index (χ1) is 17.9. The molecule has 3 atom stereocenters. The van der Waals surface area contributed by atoms with E-state index < -0.39 is 10.0 Å². The van der Waals surface area contributed by atoms with Crippen LogP contribution in [0, 0.1) is 5.92 Å². The van der Waals surface area contributed by atoms with Crippen LogP contribution < -0.4 is 29.0 Å². The Labute approximate surface area is 217 Å². The number of ether oxygens (including phenoxy) is 4. The van der Waals surface area contributed by atoms with Gasteiger partial charge in [0, 0.05) is 17.7 Å². The second-order valence-electron chi connectivity index (χ2n) is 9.01. The lowest BCUT2D eigenvalue weighted by molar-refractivity contribution is 0.353. The fourth-order valence-electron chi connectivity index (χ4n) is 5.23. The van der Waals surface area contributed by atoms with E-state index in [9.17, 15) is 8.42 Å². The maximum absolute atomic E-state index is 13.3. The van der Waals surface area contributed by atoms with E-state index in [-0.39, 0.29) is 22.8 Å². The molecule has 2 aliphatic rings. The molecule has 0 radical (unpaired) electrons. The van der Waals surface area contributed by atoms with Crippen LogP contribution in [0.1, 0.15) is 29.5 Å². The van der Waals surface area contributed by atoms with E-state index in [1.54, 1.807) is 44.6 Å². The SMILES string of the molecule is COc1ccc(NS(=O)(=O)c2ccc3c(c2)[C@H]2C=CC[C@H]2[C@@H](c2ccc(OC)c(OC)c2)N3)cc1OC. The lowest BCUT2D eigenvalue weighted by atomic mass is 9.77. The van der Waals surface area contributed by atoms with Crippen LogP contribution in [0.25, 0.3) is 0 Å². The average Bonchev–Trinajstić information content (AvgIpc) is 3.42. The molecule has 0 bridgehead atoms. The summed E-state index contributed by atoms with van der Waals surface area (Å²) < 4.78 is 50.7. The van der Waals surface area contributed by atoms with Gasteiger partial charge in [-0.1, -0.05) is 18.2 Å². The van der Waals surface area contributed by atoms with Crippen LogP contribution in [0.15, 0.2) is 71.6 Å². The van der Waals surface area contributed by atoms with Crippen molar-refractivity contribution in [1.82, 2.24) is 0 Å². The van der Waals surface area contributed by atoms with Gasteiger partial charge >= 0.3 is 0 Å². The van der Waals surface area contributed by atoms with Crippen molar-refractivity contribution in [3.8, 4) is 23.0 Å². The highest BCUT2D eigenvalue weighted by atomic mass is 32.2. The van der Waals surface area contributed by atoms with Crippen molar-refractivity contribution in [3.05, 3.63) is 77.9 Å². The van der Waals surface area contributed by atoms with Crippen molar-refractivity contribution in [2.24, 2.45) is 5.92 Å². The molecule has 0 saturated carbocycles. The van der Waals surface area contributed by atoms with Gasteiger partial charge in [0.25, 0.3) is 10.0 Å². The maximum atomic E-state index is 13.3. The van der Waals surface area contributed by atoms with E-state index in [0.717, 1.165) is 23.2 Å². The van der Waals surface area contributed by atoms with Gasteiger partial charge in [0.05, 0.1) is 45.1 Å². The normalized spacial score (nSPS) is 19.8. The zero-order valence-corrected chi connectivity index (χ0v) is 22.0. The predicted octanol–water partition coefficient (Wildman–Crippen LogP) is 5.35. The Bertz CT molecular complexity index is 1450. The van der Waals surface area contributed by atoms with Gasteiger partial charge in [0.2, 0.25) is 0 Å². The molecule has 9 heteroatoms. The molecule has 0 saturated heterocycles. The second kappa shape index (κ2) is 9.89. The molecule has 5 rings (SSSR count). The molecule has 0 aromatic heterocycles. The molecule has 3 aromatic carbocycles. The van der Waals surface area contributed by atoms with Crippen LogP contribution >= 0.6 is 0 Å². The summed E-state index contributed by atoms with van der Waals surface area (Å²) in [6.45, 7) is 0. The number of hydrogen-bond acceptors (Lipinski definition) is 7. The molecule has 8 nitrogen and oxygen atoms in total. The Hall–Kier alpha value is -3.85. The topological polar surface area (TPSA) is 95.1 Å². The molecule has 0 amide bonds. The van der Waals surface area contributed by atoms with Crippen molar-refractivity contribution in [1.29, 1.82) is 0 Å². The van der Waals surface area contributed by atoms with Crippen molar-refractivity contribution < 1.29 is 27.4 Å². The summed E-state index contributed by atoms with van der Waals surface area (Å²) in [5.41, 5.74) is 3.36. The zero-order chi connectivity index (χ0) is 26.2. The highest BCUT2D eigenvalue weighted by molar-refractivity contribution is 7.92. The molecule has 1 aliphatic heterocycles. The maximum Gasteiger partial charge on any atom is 0.261 e. The van der Waals surface area contributed by atoms with E-state index in [4.69, 9.17) is 18.9 Å². The molecule has 0 unspecified atom stereocenters. The van der Waals surface area contributed by atoms with Gasteiger partial charge in [-0.2, -0.15) is 0 Å². The minimum atomic E-state index is -3.83. The number of methoxy groups -OCH3 is 4. The number of anilines is 2. The van der Waals surface area contributed by atoms with Gasteiger partial charge in [-0.05, 0) is 65.9 Å². The number of nitrogens with one attached hydrogen (secondary N) is 2. The molecule has 1 aliphatic carbocycles. The molecular weight excluding hydrogens is 492 g/mol. The summed E-state index contributed by atoms with van der Waals surface area (Å²) in [6.07, 6.45) is 5.23. The molecule has 2 N–H and O–H groups in total. The first-order valence-corrected chi connectivity index (χ1v) is 13.4. The molecule has 3 aromatic rings. The summed E-state index contributed by atoms with van der Waals surface area (Å²) in [5.74, 6) is 2.65. The second-order valence-corrected chi connectivity index (χ2v) is 10.7. The fourth-order valence-corrected chi connectivity index (χ4v) is 6.31. The molecule has 0 fully saturated rings. The predicted molar refractivity (Wildman–Crippen MR) is 143 cm³/mol. The van der Waals surface area contributed by atoms with Gasteiger partial charge in [-0.3, -0.25) is 4.72 Å². The van der Waals surface area contributed by atoms with Crippen molar-refractivity contribution >= 4 is 21.4 Å². The Kier molecular flexibility index (Phi) is 6.64. The third-order valence-corrected chi connectivity index (χ3v) is 8.43. The third kappa shape index (κ3) is 4.55. The minimum Gasteiger partial charge on any atom is -0.493 e. The van der Waals surface area contributed by atoms with Gasteiger partial charge < -0.3 is 24.3 Å². The summed E-state index contributed by atoms with van der Waals surface area (Å²) >= 11 is 0. The molecular formula is C28H30N2O6S. The van der Waals surface area contributed by atoms with E-state index in [0.29, 0.717) is 28.7 Å². The van der Waals surface area contributed by atoms with Crippen molar-refractivity contribution in [2.45, 2.75) is 23.3 Å². The van der Waals surface area contributed by atoms with E-state index in [1.807, 2.05) is 24.3 Å². The summed E-state index contributed by atoms with van der Waals surface area (Å²) in [4.78, 5) is 0.200. The van der Waals surface area contributed by atoms with Gasteiger partial charge in [-0.15, -0.1) is 0 Å². The smallest absolute Gasteiger partial charge is 0.261 e. The summed E-state index contributed by atoms with van der Waals surface area (Å²) in [5, 5.41) is 3.65. The largest absolute Gasteiger partial charge is 0.493 e. The molecule has 194 valence electrons. The number of hydrogen-bond donors (Lipinski definition) is 2. The lowest BCUT2D eigenvalue weighted by Gasteiger charge is -2.38. The first-order valence-electron chi connectivity index (χ1n) is 11.9. The van der Waals surface area contributed by atoms with Gasteiger partial charge in [0.1, 0.15) is 0 Å². The zero-order valence-electron chi connectivity index (χ0n) is 21.1. The van der Waals surface area contributed by atoms with Crippen molar-refractivity contribution in [3.63, 3.8) is 0 Å². The summed E-state index contributed by atoms with van der Waals surface area (Å²) in [7, 11) is 2.46. The van der Waals surface area contributed by atoms with Crippen LogP contribution in [0.4, 0.5) is 11.4 Å². The average molecular weight is 523 g/mol. The fraction of sp³-hybridized carbons (Fsp3) is 0.286. The summed E-state index contributed by atoms with van der Waals surface area (Å²) in [6, 6.07) is 16.1. The minimum absolute atomic E-state index is 0.0413. The van der Waals surface area contributed by atoms with Crippen LogP contribution in [0.5, 0.6) is 23.0 Å². The highest BCUT2D eigenvalue weighted by Crippen LogP contribution is 2.51. The van der Waals surface area contributed by atoms with Crippen molar-refractivity contribution in [2.75, 3.05) is 38.5 Å². The molecule has 1 heterocycles. The van der Waals surface area contributed by atoms with E-state index in [2.05, 4.69) is 22.2 Å². The van der Waals surface area contributed by atoms with E-state index >= 15 is 0 Å². The highest BCUT2D eigenvalue weighted by Gasteiger charge is 2.38. The Morgan fingerprint density at radius 3 is 2.19 bits per heavy atom. The van der Waals surface area contributed by atoms with Crippen LogP contribution in [0.3, 0.4) is 0 Å². The number of rotatable bonds is 8. The number of fused-ring (bicyclic) bond motifs is 3. The quantitative estimate of drug-likeness (QED) is 0.385. The number of allylic oxidation sites excluding steroid dienone is 2. The van der Waals surface area contributed by atoms with Crippen LogP contribution in [-0.4, -0.2) is 36.9 Å². The van der Waals surface area contributed by atoms with Gasteiger partial charge in [0.15, 0.2) is 23.0 Å². The Balaban J connectivity index is 1.46. The monoisotopic (exact) mass is 522 g/mol. The Morgan fingerprint density at radius 2 is 1.49 bits per heavy atom. The van der Waals surface area contributed by atoms with Crippen LogP contribution in [0.2, 0.25) is 0 Å². The van der Waals surface area contributed by atoms with Gasteiger partial charge in [-0.25, -0.2) is 8.42 Å².